The Labute approximate surface area is 109 Å². The third-order valence-corrected chi connectivity index (χ3v) is 4.15. The summed E-state index contributed by atoms with van der Waals surface area (Å²) in [6, 6.07) is 5.96. The molecule has 2 rings (SSSR count). The van der Waals surface area contributed by atoms with Crippen LogP contribution in [0.5, 0.6) is 0 Å². The van der Waals surface area contributed by atoms with Gasteiger partial charge < -0.3 is 5.32 Å². The van der Waals surface area contributed by atoms with Crippen molar-refractivity contribution in [2.24, 2.45) is 5.92 Å². The van der Waals surface area contributed by atoms with Crippen LogP contribution in [0.1, 0.15) is 24.8 Å². The van der Waals surface area contributed by atoms with E-state index in [0.29, 0.717) is 13.0 Å². The fraction of sp³-hybridized carbons (Fsp3) is 0.538. The first-order valence-electron chi connectivity index (χ1n) is 5.84. The van der Waals surface area contributed by atoms with E-state index >= 15 is 0 Å². The normalized spacial score (nSPS) is 22.7. The summed E-state index contributed by atoms with van der Waals surface area (Å²) in [5.41, 5.74) is 2.15. The second kappa shape index (κ2) is 4.92. The minimum absolute atomic E-state index is 0.0233. The lowest BCUT2D eigenvalue weighted by atomic mass is 10.1. The van der Waals surface area contributed by atoms with Gasteiger partial charge in [0.25, 0.3) is 0 Å². The summed E-state index contributed by atoms with van der Waals surface area (Å²) in [6.07, 6.45) is 0.684. The molecular formula is C13H16BrF2N. The van der Waals surface area contributed by atoms with Crippen LogP contribution in [0.15, 0.2) is 22.7 Å². The number of hydrogen-bond donors (Lipinski definition) is 1. The molecule has 4 heteroatoms. The largest absolute Gasteiger partial charge is 0.385 e. The molecule has 1 saturated carbocycles. The van der Waals surface area contributed by atoms with E-state index in [1.807, 2.05) is 25.1 Å². The molecule has 0 saturated heterocycles. The zero-order valence-corrected chi connectivity index (χ0v) is 11.4. The Bertz CT molecular complexity index is 406. The van der Waals surface area contributed by atoms with Crippen molar-refractivity contribution in [3.8, 4) is 0 Å². The summed E-state index contributed by atoms with van der Waals surface area (Å²) >= 11 is 3.43. The second-order valence-corrected chi connectivity index (χ2v) is 5.66. The first-order valence-corrected chi connectivity index (χ1v) is 6.63. The van der Waals surface area contributed by atoms with E-state index in [4.69, 9.17) is 0 Å². The van der Waals surface area contributed by atoms with Crippen molar-refractivity contribution in [2.45, 2.75) is 32.1 Å². The Morgan fingerprint density at radius 3 is 2.82 bits per heavy atom. The molecule has 1 fully saturated rings. The van der Waals surface area contributed by atoms with E-state index in [2.05, 4.69) is 21.2 Å². The molecule has 0 bridgehead atoms. The SMILES string of the molecule is Cc1cc(NCC2CCC(F)(F)C2)ccc1Br. The van der Waals surface area contributed by atoms with Crippen molar-refractivity contribution in [2.75, 3.05) is 11.9 Å². The Balaban J connectivity index is 1.88. The molecule has 0 spiro atoms. The topological polar surface area (TPSA) is 12.0 Å². The van der Waals surface area contributed by atoms with Crippen LogP contribution in [-0.2, 0) is 0 Å². The molecule has 1 aliphatic rings. The lowest BCUT2D eigenvalue weighted by molar-refractivity contribution is 0.00556. The quantitative estimate of drug-likeness (QED) is 0.860. The van der Waals surface area contributed by atoms with Gasteiger partial charge in [-0.1, -0.05) is 15.9 Å². The fourth-order valence-electron chi connectivity index (χ4n) is 2.23. The Kier molecular flexibility index (Phi) is 3.71. The van der Waals surface area contributed by atoms with E-state index in [9.17, 15) is 8.78 Å². The number of benzene rings is 1. The molecule has 1 N–H and O–H groups in total. The van der Waals surface area contributed by atoms with Crippen LogP contribution < -0.4 is 5.32 Å². The van der Waals surface area contributed by atoms with Crippen molar-refractivity contribution >= 4 is 21.6 Å². The van der Waals surface area contributed by atoms with Crippen molar-refractivity contribution in [1.29, 1.82) is 0 Å². The van der Waals surface area contributed by atoms with Crippen LogP contribution >= 0.6 is 15.9 Å². The van der Waals surface area contributed by atoms with Gasteiger partial charge in [-0.3, -0.25) is 0 Å². The first-order chi connectivity index (χ1) is 7.96. The van der Waals surface area contributed by atoms with Gasteiger partial charge in [-0.15, -0.1) is 0 Å². The smallest absolute Gasteiger partial charge is 0.248 e. The van der Waals surface area contributed by atoms with Gasteiger partial charge in [0, 0.05) is 29.5 Å². The highest BCUT2D eigenvalue weighted by molar-refractivity contribution is 9.10. The van der Waals surface area contributed by atoms with Crippen LogP contribution in [0.2, 0.25) is 0 Å². The molecule has 94 valence electrons. The highest BCUT2D eigenvalue weighted by atomic mass is 79.9. The van der Waals surface area contributed by atoms with E-state index in [-0.39, 0.29) is 18.8 Å². The molecule has 1 aromatic rings. The van der Waals surface area contributed by atoms with Crippen LogP contribution in [-0.4, -0.2) is 12.5 Å². The molecule has 1 atom stereocenters. The maximum absolute atomic E-state index is 13.0. The molecule has 17 heavy (non-hydrogen) atoms. The van der Waals surface area contributed by atoms with Crippen molar-refractivity contribution in [3.05, 3.63) is 28.2 Å². The molecule has 1 aromatic carbocycles. The van der Waals surface area contributed by atoms with Gasteiger partial charge in [0.2, 0.25) is 5.92 Å². The van der Waals surface area contributed by atoms with Crippen molar-refractivity contribution in [1.82, 2.24) is 0 Å². The fourth-order valence-corrected chi connectivity index (χ4v) is 2.48. The van der Waals surface area contributed by atoms with Crippen LogP contribution in [0.25, 0.3) is 0 Å². The maximum atomic E-state index is 13.0. The van der Waals surface area contributed by atoms with E-state index in [1.54, 1.807) is 0 Å². The van der Waals surface area contributed by atoms with E-state index in [1.165, 1.54) is 0 Å². The Morgan fingerprint density at radius 1 is 1.47 bits per heavy atom. The van der Waals surface area contributed by atoms with Gasteiger partial charge in [0.1, 0.15) is 0 Å². The summed E-state index contributed by atoms with van der Waals surface area (Å²) in [5.74, 6) is -2.35. The van der Waals surface area contributed by atoms with Crippen molar-refractivity contribution < 1.29 is 8.78 Å². The lowest BCUT2D eigenvalue weighted by Gasteiger charge is -2.13. The van der Waals surface area contributed by atoms with Gasteiger partial charge in [-0.25, -0.2) is 8.78 Å². The molecule has 1 unspecified atom stereocenters. The molecule has 0 aliphatic heterocycles. The Hall–Kier alpha value is -0.640. The summed E-state index contributed by atoms with van der Waals surface area (Å²) in [7, 11) is 0. The van der Waals surface area contributed by atoms with Gasteiger partial charge in [-0.2, -0.15) is 0 Å². The third-order valence-electron chi connectivity index (χ3n) is 3.26. The average Bonchev–Trinajstić information content (AvgIpc) is 2.60. The zero-order chi connectivity index (χ0) is 12.5. The standard InChI is InChI=1S/C13H16BrF2N/c1-9-6-11(2-3-12(9)14)17-8-10-4-5-13(15,16)7-10/h2-3,6,10,17H,4-5,7-8H2,1H3. The minimum atomic E-state index is -2.44. The average molecular weight is 304 g/mol. The number of nitrogens with one attached hydrogen (secondary N) is 1. The summed E-state index contributed by atoms with van der Waals surface area (Å²) in [4.78, 5) is 0. The van der Waals surface area contributed by atoms with Gasteiger partial charge >= 0.3 is 0 Å². The molecule has 0 amide bonds. The summed E-state index contributed by atoms with van der Waals surface area (Å²) < 4.78 is 27.1. The van der Waals surface area contributed by atoms with Gasteiger partial charge in [-0.05, 0) is 43.0 Å². The zero-order valence-electron chi connectivity index (χ0n) is 9.77. The number of rotatable bonds is 3. The summed E-state index contributed by atoms with van der Waals surface area (Å²) in [5, 5.41) is 3.24. The molecule has 0 heterocycles. The number of hydrogen-bond acceptors (Lipinski definition) is 1. The third kappa shape index (κ3) is 3.41. The number of anilines is 1. The van der Waals surface area contributed by atoms with Crippen LogP contribution in [0.4, 0.5) is 14.5 Å². The molecule has 0 radical (unpaired) electrons. The Morgan fingerprint density at radius 2 is 2.24 bits per heavy atom. The highest BCUT2D eigenvalue weighted by Crippen LogP contribution is 2.38. The van der Waals surface area contributed by atoms with Gasteiger partial charge in [0.05, 0.1) is 0 Å². The highest BCUT2D eigenvalue weighted by Gasteiger charge is 2.38. The predicted molar refractivity (Wildman–Crippen MR) is 69.7 cm³/mol. The second-order valence-electron chi connectivity index (χ2n) is 4.81. The molecule has 0 aromatic heterocycles. The minimum Gasteiger partial charge on any atom is -0.385 e. The number of alkyl halides is 2. The maximum Gasteiger partial charge on any atom is 0.248 e. The van der Waals surface area contributed by atoms with Crippen molar-refractivity contribution in [3.63, 3.8) is 0 Å². The summed E-state index contributed by atoms with van der Waals surface area (Å²) in [6.45, 7) is 2.65. The molecular weight excluding hydrogens is 288 g/mol. The van der Waals surface area contributed by atoms with Crippen LogP contribution in [0, 0.1) is 12.8 Å². The van der Waals surface area contributed by atoms with Gasteiger partial charge in [0.15, 0.2) is 0 Å². The monoisotopic (exact) mass is 303 g/mol. The molecule has 1 aliphatic carbocycles. The van der Waals surface area contributed by atoms with Crippen LogP contribution in [0.3, 0.4) is 0 Å². The predicted octanol–water partition coefficient (Wildman–Crippen LogP) is 4.60. The lowest BCUT2D eigenvalue weighted by Crippen LogP contribution is -2.15. The number of aryl methyl sites for hydroxylation is 1. The van der Waals surface area contributed by atoms with E-state index < -0.39 is 5.92 Å². The first kappa shape index (κ1) is 12.8. The number of halogens is 3. The van der Waals surface area contributed by atoms with E-state index in [0.717, 1.165) is 15.7 Å². The molecule has 1 nitrogen and oxygen atoms in total.